The molecule has 2 N–H and O–H groups in total. The Morgan fingerprint density at radius 3 is 2.73 bits per heavy atom. The molecule has 1 aliphatic rings. The van der Waals surface area contributed by atoms with E-state index in [-0.39, 0.29) is 24.5 Å². The van der Waals surface area contributed by atoms with E-state index in [2.05, 4.69) is 10.6 Å². The highest BCUT2D eigenvalue weighted by Gasteiger charge is 2.22. The van der Waals surface area contributed by atoms with Gasteiger partial charge >= 0.3 is 0 Å². The molecule has 1 aromatic heterocycles. The summed E-state index contributed by atoms with van der Waals surface area (Å²) in [6.07, 6.45) is 3.80. The van der Waals surface area contributed by atoms with Crippen LogP contribution in [-0.4, -0.2) is 49.1 Å². The van der Waals surface area contributed by atoms with E-state index in [9.17, 15) is 9.59 Å². The number of furan rings is 1. The van der Waals surface area contributed by atoms with Crippen LogP contribution in [0.2, 0.25) is 0 Å². The lowest BCUT2D eigenvalue weighted by molar-refractivity contribution is -0.117. The molecule has 30 heavy (non-hydrogen) atoms. The van der Waals surface area contributed by atoms with Crippen molar-refractivity contribution in [3.63, 3.8) is 0 Å². The minimum atomic E-state index is -0.189. The Bertz CT molecular complexity index is 814. The van der Waals surface area contributed by atoms with Crippen LogP contribution >= 0.6 is 0 Å². The van der Waals surface area contributed by atoms with Crippen LogP contribution in [0.5, 0.6) is 0 Å². The zero-order chi connectivity index (χ0) is 21.3. The molecule has 0 radical (unpaired) electrons. The van der Waals surface area contributed by atoms with E-state index in [0.29, 0.717) is 36.8 Å². The number of amides is 2. The fourth-order valence-electron chi connectivity index (χ4n) is 3.46. The predicted octanol–water partition coefficient (Wildman–Crippen LogP) is 3.29. The third-order valence-corrected chi connectivity index (χ3v) is 4.93. The van der Waals surface area contributed by atoms with Crippen molar-refractivity contribution in [3.05, 3.63) is 54.0 Å². The van der Waals surface area contributed by atoms with Crippen LogP contribution in [0.4, 0.5) is 5.69 Å². The summed E-state index contributed by atoms with van der Waals surface area (Å²) in [5.74, 6) is 0.785. The number of hydrogen-bond donors (Lipinski definition) is 2. The van der Waals surface area contributed by atoms with Gasteiger partial charge in [-0.2, -0.15) is 0 Å². The normalized spacial score (nSPS) is 16.2. The van der Waals surface area contributed by atoms with Crippen molar-refractivity contribution >= 4 is 17.5 Å². The first-order valence-electron chi connectivity index (χ1n) is 10.5. The van der Waals surface area contributed by atoms with Gasteiger partial charge < -0.3 is 19.8 Å². The van der Waals surface area contributed by atoms with Crippen molar-refractivity contribution in [2.75, 3.05) is 31.6 Å². The third-order valence-electron chi connectivity index (χ3n) is 4.93. The van der Waals surface area contributed by atoms with Gasteiger partial charge in [-0.1, -0.05) is 26.0 Å². The van der Waals surface area contributed by atoms with E-state index < -0.39 is 0 Å². The summed E-state index contributed by atoms with van der Waals surface area (Å²) in [5, 5.41) is 5.80. The van der Waals surface area contributed by atoms with E-state index in [4.69, 9.17) is 9.15 Å². The van der Waals surface area contributed by atoms with Gasteiger partial charge in [0.05, 0.1) is 36.7 Å². The molecule has 1 aliphatic heterocycles. The van der Waals surface area contributed by atoms with Crippen LogP contribution in [0.25, 0.3) is 0 Å². The molecule has 1 saturated heterocycles. The molecule has 1 atom stereocenters. The second-order valence-corrected chi connectivity index (χ2v) is 8.08. The van der Waals surface area contributed by atoms with Crippen LogP contribution in [0.3, 0.4) is 0 Å². The summed E-state index contributed by atoms with van der Waals surface area (Å²) in [6.45, 7) is 6.79. The summed E-state index contributed by atoms with van der Waals surface area (Å²) in [5.41, 5.74) is 0.974. The zero-order valence-electron chi connectivity index (χ0n) is 17.7. The van der Waals surface area contributed by atoms with E-state index in [1.165, 1.54) is 0 Å². The van der Waals surface area contributed by atoms with Crippen molar-refractivity contribution in [3.8, 4) is 0 Å². The van der Waals surface area contributed by atoms with Gasteiger partial charge in [-0.15, -0.1) is 0 Å². The summed E-state index contributed by atoms with van der Waals surface area (Å²) in [6, 6.07) is 10.8. The minimum absolute atomic E-state index is 0.127. The second-order valence-electron chi connectivity index (χ2n) is 8.08. The second kappa shape index (κ2) is 10.9. The quantitative estimate of drug-likeness (QED) is 0.625. The summed E-state index contributed by atoms with van der Waals surface area (Å²) < 4.78 is 11.2. The minimum Gasteiger partial charge on any atom is -0.468 e. The molecule has 0 spiro atoms. The van der Waals surface area contributed by atoms with Gasteiger partial charge in [-0.25, -0.2) is 0 Å². The maximum Gasteiger partial charge on any atom is 0.253 e. The molecule has 3 rings (SSSR count). The van der Waals surface area contributed by atoms with Crippen LogP contribution in [0.1, 0.15) is 42.8 Å². The molecular weight excluding hydrogens is 382 g/mol. The summed E-state index contributed by atoms with van der Waals surface area (Å²) in [7, 11) is 0. The Kier molecular flexibility index (Phi) is 8.04. The molecule has 7 nitrogen and oxygen atoms in total. The lowest BCUT2D eigenvalue weighted by Gasteiger charge is -2.24. The number of hydrogen-bond acceptors (Lipinski definition) is 5. The van der Waals surface area contributed by atoms with Crippen LogP contribution in [-0.2, 0) is 16.1 Å². The number of carbonyl (C=O) groups is 2. The molecule has 2 aromatic rings. The van der Waals surface area contributed by atoms with Crippen LogP contribution in [0.15, 0.2) is 47.1 Å². The van der Waals surface area contributed by atoms with Gasteiger partial charge in [0.15, 0.2) is 0 Å². The van der Waals surface area contributed by atoms with Gasteiger partial charge in [0, 0.05) is 19.7 Å². The van der Waals surface area contributed by atoms with Crippen molar-refractivity contribution in [1.82, 2.24) is 10.2 Å². The molecule has 7 heteroatoms. The summed E-state index contributed by atoms with van der Waals surface area (Å²) in [4.78, 5) is 27.3. The molecule has 1 fully saturated rings. The van der Waals surface area contributed by atoms with Crippen LogP contribution < -0.4 is 10.6 Å². The molecule has 1 aromatic carbocycles. The van der Waals surface area contributed by atoms with E-state index >= 15 is 0 Å². The standard InChI is InChI=1S/C23H31N3O4/c1-17(2)13-24-23(28)20-9-3-4-10-21(20)25-22(27)16-26(14-18-7-5-11-29-18)15-19-8-6-12-30-19/h3-5,7,9-11,17,19H,6,8,12-16H2,1-2H3,(H,24,28)(H,25,27). The number of ether oxygens (including phenoxy) is 1. The van der Waals surface area contributed by atoms with Crippen molar-refractivity contribution < 1.29 is 18.7 Å². The van der Waals surface area contributed by atoms with E-state index in [1.807, 2.05) is 36.9 Å². The van der Waals surface area contributed by atoms with Crippen molar-refractivity contribution in [2.45, 2.75) is 39.3 Å². The maximum atomic E-state index is 12.8. The highest BCUT2D eigenvalue weighted by Crippen LogP contribution is 2.17. The fourth-order valence-corrected chi connectivity index (χ4v) is 3.46. The lowest BCUT2D eigenvalue weighted by atomic mass is 10.1. The highest BCUT2D eigenvalue weighted by molar-refractivity contribution is 6.04. The third kappa shape index (κ3) is 6.71. The highest BCUT2D eigenvalue weighted by atomic mass is 16.5. The van der Waals surface area contributed by atoms with E-state index in [0.717, 1.165) is 25.2 Å². The molecule has 0 saturated carbocycles. The monoisotopic (exact) mass is 413 g/mol. The van der Waals surface area contributed by atoms with Crippen molar-refractivity contribution in [2.24, 2.45) is 5.92 Å². The number of rotatable bonds is 10. The zero-order valence-corrected chi connectivity index (χ0v) is 17.7. The molecule has 0 aliphatic carbocycles. The Hall–Kier alpha value is -2.64. The smallest absolute Gasteiger partial charge is 0.253 e. The average molecular weight is 414 g/mol. The average Bonchev–Trinajstić information content (AvgIpc) is 3.40. The number of para-hydroxylation sites is 1. The molecule has 2 heterocycles. The van der Waals surface area contributed by atoms with Gasteiger partial charge in [0.25, 0.3) is 5.91 Å². The Morgan fingerprint density at radius 1 is 1.20 bits per heavy atom. The number of nitrogens with one attached hydrogen (secondary N) is 2. The Balaban J connectivity index is 1.63. The number of nitrogens with zero attached hydrogens (tertiary/aromatic N) is 1. The molecule has 162 valence electrons. The fraction of sp³-hybridized carbons (Fsp3) is 0.478. The maximum absolute atomic E-state index is 12.8. The van der Waals surface area contributed by atoms with E-state index in [1.54, 1.807) is 24.5 Å². The van der Waals surface area contributed by atoms with Gasteiger partial charge in [-0.05, 0) is 43.0 Å². The molecule has 0 bridgehead atoms. The van der Waals surface area contributed by atoms with Crippen molar-refractivity contribution in [1.29, 1.82) is 0 Å². The molecule has 1 unspecified atom stereocenters. The number of benzene rings is 1. The largest absolute Gasteiger partial charge is 0.468 e. The Morgan fingerprint density at radius 2 is 2.03 bits per heavy atom. The van der Waals surface area contributed by atoms with Gasteiger partial charge in [0.1, 0.15) is 5.76 Å². The SMILES string of the molecule is CC(C)CNC(=O)c1ccccc1NC(=O)CN(Cc1ccco1)CC1CCCO1. The molecule has 2 amide bonds. The topological polar surface area (TPSA) is 83.8 Å². The molecular formula is C23H31N3O4. The lowest BCUT2D eigenvalue weighted by Crippen LogP contribution is -2.38. The van der Waals surface area contributed by atoms with Gasteiger partial charge in [0.2, 0.25) is 5.91 Å². The first kappa shape index (κ1) is 22.1. The summed E-state index contributed by atoms with van der Waals surface area (Å²) >= 11 is 0. The first-order valence-corrected chi connectivity index (χ1v) is 10.5. The predicted molar refractivity (Wildman–Crippen MR) is 115 cm³/mol. The first-order chi connectivity index (χ1) is 14.5. The Labute approximate surface area is 177 Å². The van der Waals surface area contributed by atoms with Gasteiger partial charge in [-0.3, -0.25) is 14.5 Å². The number of anilines is 1. The van der Waals surface area contributed by atoms with Crippen LogP contribution in [0, 0.1) is 5.92 Å². The number of carbonyl (C=O) groups excluding carboxylic acids is 2.